The third-order valence-electron chi connectivity index (χ3n) is 5.60. The van der Waals surface area contributed by atoms with Gasteiger partial charge in [-0.05, 0) is 48.4 Å². The Labute approximate surface area is 181 Å². The smallest absolute Gasteiger partial charge is 0.180 e. The predicted octanol–water partition coefficient (Wildman–Crippen LogP) is 3.68. The average Bonchev–Trinajstić information content (AvgIpc) is 2.82. The van der Waals surface area contributed by atoms with Crippen molar-refractivity contribution in [1.29, 1.82) is 5.26 Å². The number of nitrogens with one attached hydrogen (secondary N) is 1. The molecule has 0 fully saturated rings. The van der Waals surface area contributed by atoms with Gasteiger partial charge in [0.05, 0.1) is 30.1 Å². The molecule has 0 saturated carbocycles. The summed E-state index contributed by atoms with van der Waals surface area (Å²) in [5, 5.41) is 31.4. The van der Waals surface area contributed by atoms with Crippen LogP contribution in [0.1, 0.15) is 35.3 Å². The van der Waals surface area contributed by atoms with Gasteiger partial charge in [0.15, 0.2) is 6.29 Å². The van der Waals surface area contributed by atoms with E-state index in [0.717, 1.165) is 29.1 Å². The summed E-state index contributed by atoms with van der Waals surface area (Å²) < 4.78 is 5.94. The fourth-order valence-corrected chi connectivity index (χ4v) is 3.79. The molecule has 1 aliphatic heterocycles. The number of aromatic nitrogens is 1. The second-order valence-corrected chi connectivity index (χ2v) is 7.49. The first kappa shape index (κ1) is 20.7. The third kappa shape index (κ3) is 4.45. The Balaban J connectivity index is 1.51. The van der Waals surface area contributed by atoms with Crippen molar-refractivity contribution in [2.24, 2.45) is 0 Å². The summed E-state index contributed by atoms with van der Waals surface area (Å²) >= 11 is 0. The van der Waals surface area contributed by atoms with Crippen LogP contribution in [-0.4, -0.2) is 35.4 Å². The lowest BCUT2D eigenvalue weighted by Crippen LogP contribution is -2.22. The number of nitriles is 1. The van der Waals surface area contributed by atoms with Crippen molar-refractivity contribution in [3.63, 3.8) is 0 Å². The maximum atomic E-state index is 9.55. The lowest BCUT2D eigenvalue weighted by molar-refractivity contribution is -0.0419. The lowest BCUT2D eigenvalue weighted by atomic mass is 9.92. The number of aliphatic hydroxyl groups is 2. The first-order chi connectivity index (χ1) is 15.1. The summed E-state index contributed by atoms with van der Waals surface area (Å²) in [6, 6.07) is 17.4. The molecule has 1 aromatic heterocycles. The minimum Gasteiger partial charge on any atom is -0.493 e. The van der Waals surface area contributed by atoms with Crippen molar-refractivity contribution >= 4 is 17.1 Å². The van der Waals surface area contributed by atoms with E-state index in [1.807, 2.05) is 25.2 Å². The monoisotopic (exact) mass is 416 g/mol. The molecule has 0 bridgehead atoms. The summed E-state index contributed by atoms with van der Waals surface area (Å²) in [5.74, 6) is 1.08. The van der Waals surface area contributed by atoms with Crippen LogP contribution in [0.25, 0.3) is 0 Å². The van der Waals surface area contributed by atoms with Gasteiger partial charge in [-0.1, -0.05) is 6.07 Å². The quantitative estimate of drug-likeness (QED) is 0.527. The Bertz CT molecular complexity index is 1090. The Hall–Kier alpha value is -3.60. The van der Waals surface area contributed by atoms with Gasteiger partial charge in [0, 0.05) is 48.7 Å². The largest absolute Gasteiger partial charge is 0.493 e. The van der Waals surface area contributed by atoms with Crippen molar-refractivity contribution < 1.29 is 14.9 Å². The number of nitrogens with zero attached hydrogens (tertiary/aromatic N) is 3. The van der Waals surface area contributed by atoms with Gasteiger partial charge in [0.1, 0.15) is 5.75 Å². The number of rotatable bonds is 6. The van der Waals surface area contributed by atoms with Crippen LogP contribution in [0.3, 0.4) is 0 Å². The molecule has 7 nitrogen and oxygen atoms in total. The van der Waals surface area contributed by atoms with Crippen LogP contribution in [-0.2, 0) is 0 Å². The van der Waals surface area contributed by atoms with Gasteiger partial charge < -0.3 is 25.2 Å². The van der Waals surface area contributed by atoms with Crippen molar-refractivity contribution in [1.82, 2.24) is 4.98 Å². The van der Waals surface area contributed by atoms with Crippen LogP contribution in [0.2, 0.25) is 0 Å². The highest BCUT2D eigenvalue weighted by molar-refractivity contribution is 5.66. The molecule has 31 heavy (non-hydrogen) atoms. The van der Waals surface area contributed by atoms with Crippen molar-refractivity contribution in [3.8, 4) is 11.8 Å². The number of anilines is 3. The van der Waals surface area contributed by atoms with Crippen molar-refractivity contribution in [3.05, 3.63) is 77.6 Å². The molecule has 4 rings (SSSR count). The number of hydrogen-bond donors (Lipinski definition) is 3. The Kier molecular flexibility index (Phi) is 6.03. The maximum Gasteiger partial charge on any atom is 0.180 e. The molecule has 0 saturated heterocycles. The summed E-state index contributed by atoms with van der Waals surface area (Å²) in [5.41, 5.74) is 4.75. The standard InChI is InChI=1S/C24H24N4O3/c1-28(18-4-2-16(13-25)3-5-18)19-6-7-20-17(9-11-31-23(20)12-19)14-27-22-15-26-10-8-21(22)24(29)30/h2-8,10,12,15,17,24,27,29-30H,9,11,14H2,1H3/t17-/m0/s1. The van der Waals surface area contributed by atoms with Crippen LogP contribution in [0, 0.1) is 11.3 Å². The van der Waals surface area contributed by atoms with Crippen molar-refractivity contribution in [2.45, 2.75) is 18.6 Å². The molecule has 158 valence electrons. The predicted molar refractivity (Wildman–Crippen MR) is 118 cm³/mol. The molecule has 0 radical (unpaired) electrons. The van der Waals surface area contributed by atoms with Gasteiger partial charge in [-0.2, -0.15) is 5.26 Å². The van der Waals surface area contributed by atoms with E-state index in [1.165, 1.54) is 6.20 Å². The SMILES string of the molecule is CN(c1ccc(C#N)cc1)c1ccc2c(c1)OCC[C@H]2CNc1cnccc1C(O)O. The van der Waals surface area contributed by atoms with Gasteiger partial charge >= 0.3 is 0 Å². The molecule has 0 aliphatic carbocycles. The summed E-state index contributed by atoms with van der Waals surface area (Å²) in [7, 11) is 1.98. The molecule has 0 spiro atoms. The van der Waals surface area contributed by atoms with E-state index in [0.29, 0.717) is 30.0 Å². The molecule has 3 N–H and O–H groups in total. The molecular weight excluding hydrogens is 392 g/mol. The number of ether oxygens (including phenoxy) is 1. The second-order valence-electron chi connectivity index (χ2n) is 7.49. The number of fused-ring (bicyclic) bond motifs is 1. The molecular formula is C24H24N4O3. The summed E-state index contributed by atoms with van der Waals surface area (Å²) in [6.45, 7) is 1.25. The Morgan fingerprint density at radius 2 is 1.97 bits per heavy atom. The number of pyridine rings is 1. The van der Waals surface area contributed by atoms with Crippen molar-refractivity contribution in [2.75, 3.05) is 30.4 Å². The summed E-state index contributed by atoms with van der Waals surface area (Å²) in [4.78, 5) is 6.13. The fourth-order valence-electron chi connectivity index (χ4n) is 3.79. The molecule has 1 atom stereocenters. The molecule has 2 heterocycles. The normalized spacial score (nSPS) is 15.0. The fraction of sp³-hybridized carbons (Fsp3) is 0.250. The minimum atomic E-state index is -1.55. The number of hydrogen-bond acceptors (Lipinski definition) is 7. The van der Waals surface area contributed by atoms with Crippen LogP contribution in [0.4, 0.5) is 17.1 Å². The molecule has 1 aliphatic rings. The van der Waals surface area contributed by atoms with E-state index < -0.39 is 6.29 Å². The molecule has 0 unspecified atom stereocenters. The Morgan fingerprint density at radius 1 is 1.19 bits per heavy atom. The van der Waals surface area contributed by atoms with E-state index in [9.17, 15) is 10.2 Å². The molecule has 2 aromatic carbocycles. The Morgan fingerprint density at radius 3 is 2.71 bits per heavy atom. The van der Waals surface area contributed by atoms with Crippen LogP contribution in [0.5, 0.6) is 5.75 Å². The van der Waals surface area contributed by atoms with Gasteiger partial charge in [-0.3, -0.25) is 4.98 Å². The summed E-state index contributed by atoms with van der Waals surface area (Å²) in [6.07, 6.45) is 2.45. The third-order valence-corrected chi connectivity index (χ3v) is 5.60. The van der Waals surface area contributed by atoms with E-state index in [1.54, 1.807) is 24.4 Å². The molecule has 3 aromatic rings. The zero-order valence-electron chi connectivity index (χ0n) is 17.2. The van der Waals surface area contributed by atoms with Gasteiger partial charge in [0.2, 0.25) is 0 Å². The van der Waals surface area contributed by atoms with Gasteiger partial charge in [-0.15, -0.1) is 0 Å². The van der Waals surface area contributed by atoms with E-state index in [2.05, 4.69) is 33.4 Å². The second kappa shape index (κ2) is 9.04. The lowest BCUT2D eigenvalue weighted by Gasteiger charge is -2.29. The average molecular weight is 416 g/mol. The van der Waals surface area contributed by atoms with E-state index in [4.69, 9.17) is 10.00 Å². The zero-order chi connectivity index (χ0) is 21.8. The van der Waals surface area contributed by atoms with E-state index >= 15 is 0 Å². The first-order valence-corrected chi connectivity index (χ1v) is 10.1. The number of aliphatic hydroxyl groups excluding tert-OH is 1. The minimum absolute atomic E-state index is 0.224. The van der Waals surface area contributed by atoms with Crippen LogP contribution < -0.4 is 15.0 Å². The zero-order valence-corrected chi connectivity index (χ0v) is 17.2. The van der Waals surface area contributed by atoms with Crippen LogP contribution >= 0.6 is 0 Å². The molecule has 7 heteroatoms. The number of benzene rings is 2. The van der Waals surface area contributed by atoms with Gasteiger partial charge in [-0.25, -0.2) is 0 Å². The highest BCUT2D eigenvalue weighted by Gasteiger charge is 2.23. The van der Waals surface area contributed by atoms with E-state index in [-0.39, 0.29) is 5.92 Å². The van der Waals surface area contributed by atoms with Gasteiger partial charge in [0.25, 0.3) is 0 Å². The highest BCUT2D eigenvalue weighted by Crippen LogP contribution is 2.38. The first-order valence-electron chi connectivity index (χ1n) is 10.1. The van der Waals surface area contributed by atoms with Crippen LogP contribution in [0.15, 0.2) is 60.9 Å². The molecule has 0 amide bonds. The topological polar surface area (TPSA) is 102 Å². The maximum absolute atomic E-state index is 9.55. The highest BCUT2D eigenvalue weighted by atomic mass is 16.5.